The third kappa shape index (κ3) is 4.67. The van der Waals surface area contributed by atoms with Gasteiger partial charge >= 0.3 is 0 Å². The molecule has 25 heavy (non-hydrogen) atoms. The van der Waals surface area contributed by atoms with Crippen molar-refractivity contribution in [2.24, 2.45) is 5.73 Å². The quantitative estimate of drug-likeness (QED) is 0.745. The van der Waals surface area contributed by atoms with Crippen molar-refractivity contribution in [3.8, 4) is 17.2 Å². The normalized spacial score (nSPS) is 11.9. The Kier molecular flexibility index (Phi) is 7.14. The lowest BCUT2D eigenvalue weighted by molar-refractivity contribution is 0.307. The summed E-state index contributed by atoms with van der Waals surface area (Å²) < 4.78 is 16.9. The van der Waals surface area contributed by atoms with Crippen LogP contribution in [0.3, 0.4) is 0 Å². The maximum atomic E-state index is 6.11. The summed E-state index contributed by atoms with van der Waals surface area (Å²) >= 11 is 0. The molecule has 0 spiro atoms. The first kappa shape index (κ1) is 19.1. The molecule has 2 N–H and O–H groups in total. The van der Waals surface area contributed by atoms with Crippen LogP contribution in [0.25, 0.3) is 0 Å². The lowest BCUT2D eigenvalue weighted by Crippen LogP contribution is -2.17. The van der Waals surface area contributed by atoms with Gasteiger partial charge in [-0.05, 0) is 68.6 Å². The van der Waals surface area contributed by atoms with Gasteiger partial charge in [0.25, 0.3) is 0 Å². The van der Waals surface area contributed by atoms with E-state index in [-0.39, 0.29) is 5.92 Å². The molecular formula is C21H29NO3. The second-order valence-corrected chi connectivity index (χ2v) is 5.97. The van der Waals surface area contributed by atoms with Gasteiger partial charge in [-0.1, -0.05) is 18.2 Å². The van der Waals surface area contributed by atoms with Crippen LogP contribution in [0.5, 0.6) is 17.2 Å². The summed E-state index contributed by atoms with van der Waals surface area (Å²) in [6, 6.07) is 12.2. The molecular weight excluding hydrogens is 314 g/mol. The fraction of sp³-hybridized carbons (Fsp3) is 0.429. The van der Waals surface area contributed by atoms with Crippen LogP contribution in [0.4, 0.5) is 0 Å². The van der Waals surface area contributed by atoms with Crippen LogP contribution < -0.4 is 19.9 Å². The number of nitrogens with two attached hydrogens (primary N) is 1. The Balaban J connectivity index is 2.31. The first-order chi connectivity index (χ1) is 12.1. The molecule has 0 aliphatic carbocycles. The predicted molar refractivity (Wildman–Crippen MR) is 102 cm³/mol. The minimum absolute atomic E-state index is 0.210. The fourth-order valence-electron chi connectivity index (χ4n) is 3.14. The molecule has 1 unspecified atom stereocenters. The van der Waals surface area contributed by atoms with E-state index in [1.54, 1.807) is 7.11 Å². The van der Waals surface area contributed by atoms with Crippen molar-refractivity contribution in [2.45, 2.75) is 33.1 Å². The van der Waals surface area contributed by atoms with Gasteiger partial charge in [0.2, 0.25) is 0 Å². The van der Waals surface area contributed by atoms with Crippen molar-refractivity contribution in [3.05, 3.63) is 53.1 Å². The van der Waals surface area contributed by atoms with Crippen LogP contribution in [0, 0.1) is 6.92 Å². The molecule has 0 amide bonds. The number of aryl methyl sites for hydroxylation is 1. The predicted octanol–water partition coefficient (Wildman–Crippen LogP) is 4.09. The lowest BCUT2D eigenvalue weighted by Gasteiger charge is -2.21. The molecule has 0 bridgehead atoms. The van der Waals surface area contributed by atoms with Gasteiger partial charge in [0, 0.05) is 5.92 Å². The average molecular weight is 343 g/mol. The minimum Gasteiger partial charge on any atom is -0.494 e. The summed E-state index contributed by atoms with van der Waals surface area (Å²) in [6.45, 7) is 7.91. The highest BCUT2D eigenvalue weighted by molar-refractivity contribution is 5.48. The van der Waals surface area contributed by atoms with Crippen molar-refractivity contribution in [1.82, 2.24) is 0 Å². The van der Waals surface area contributed by atoms with E-state index in [1.165, 1.54) is 11.1 Å². The van der Waals surface area contributed by atoms with Crippen molar-refractivity contribution < 1.29 is 14.2 Å². The van der Waals surface area contributed by atoms with Crippen molar-refractivity contribution in [3.63, 3.8) is 0 Å². The van der Waals surface area contributed by atoms with Crippen molar-refractivity contribution >= 4 is 0 Å². The van der Waals surface area contributed by atoms with E-state index in [2.05, 4.69) is 25.1 Å². The monoisotopic (exact) mass is 343 g/mol. The van der Waals surface area contributed by atoms with E-state index in [0.29, 0.717) is 19.8 Å². The van der Waals surface area contributed by atoms with Gasteiger partial charge in [-0.3, -0.25) is 0 Å². The smallest absolute Gasteiger partial charge is 0.164 e. The minimum atomic E-state index is 0.210. The highest BCUT2D eigenvalue weighted by atomic mass is 16.5. The van der Waals surface area contributed by atoms with Crippen LogP contribution in [0.2, 0.25) is 0 Å². The molecule has 4 heteroatoms. The van der Waals surface area contributed by atoms with Crippen LogP contribution >= 0.6 is 0 Å². The number of para-hydroxylation sites is 1. The van der Waals surface area contributed by atoms with E-state index in [9.17, 15) is 0 Å². The Hall–Kier alpha value is -2.20. The Morgan fingerprint density at radius 3 is 2.40 bits per heavy atom. The first-order valence-corrected chi connectivity index (χ1v) is 8.86. The van der Waals surface area contributed by atoms with Gasteiger partial charge < -0.3 is 19.9 Å². The lowest BCUT2D eigenvalue weighted by atomic mass is 9.88. The maximum Gasteiger partial charge on any atom is 0.164 e. The van der Waals surface area contributed by atoms with Crippen LogP contribution in [-0.4, -0.2) is 26.9 Å². The summed E-state index contributed by atoms with van der Waals surface area (Å²) in [7, 11) is 1.67. The Bertz CT molecular complexity index is 685. The number of hydrogen-bond donors (Lipinski definition) is 1. The van der Waals surface area contributed by atoms with E-state index in [0.717, 1.165) is 29.2 Å². The molecule has 2 aromatic rings. The van der Waals surface area contributed by atoms with E-state index < -0.39 is 0 Å². The van der Waals surface area contributed by atoms with Gasteiger partial charge in [-0.15, -0.1) is 0 Å². The maximum absolute atomic E-state index is 6.11. The summed E-state index contributed by atoms with van der Waals surface area (Å²) in [5, 5.41) is 0. The van der Waals surface area contributed by atoms with Crippen LogP contribution in [0.1, 0.15) is 36.5 Å². The third-order valence-corrected chi connectivity index (χ3v) is 4.31. The average Bonchev–Trinajstić information content (AvgIpc) is 2.62. The highest BCUT2D eigenvalue weighted by Gasteiger charge is 2.18. The van der Waals surface area contributed by atoms with E-state index in [1.807, 2.05) is 32.0 Å². The molecule has 0 aromatic heterocycles. The molecule has 0 aliphatic heterocycles. The summed E-state index contributed by atoms with van der Waals surface area (Å²) in [5.41, 5.74) is 9.67. The van der Waals surface area contributed by atoms with Gasteiger partial charge in [-0.25, -0.2) is 0 Å². The largest absolute Gasteiger partial charge is 0.494 e. The molecule has 0 saturated heterocycles. The molecule has 2 rings (SSSR count). The topological polar surface area (TPSA) is 53.7 Å². The number of hydrogen-bond acceptors (Lipinski definition) is 4. The third-order valence-electron chi connectivity index (χ3n) is 4.31. The highest BCUT2D eigenvalue weighted by Crippen LogP contribution is 2.35. The molecule has 2 aromatic carbocycles. The fourth-order valence-corrected chi connectivity index (χ4v) is 3.14. The van der Waals surface area contributed by atoms with Crippen molar-refractivity contribution in [1.29, 1.82) is 0 Å². The van der Waals surface area contributed by atoms with Gasteiger partial charge in [0.15, 0.2) is 11.5 Å². The summed E-state index contributed by atoms with van der Waals surface area (Å²) in [6.07, 6.45) is 0.803. The van der Waals surface area contributed by atoms with Gasteiger partial charge in [0.1, 0.15) is 5.75 Å². The van der Waals surface area contributed by atoms with Gasteiger partial charge in [0.05, 0.1) is 20.3 Å². The Morgan fingerprint density at radius 1 is 1.04 bits per heavy atom. The summed E-state index contributed by atoms with van der Waals surface area (Å²) in [5.74, 6) is 2.69. The number of benzene rings is 2. The number of rotatable bonds is 9. The zero-order valence-electron chi connectivity index (χ0n) is 15.7. The SMILES string of the molecule is CCOc1ccc(C(CN)Cc2cccc(OC)c2OCC)c(C)c1. The molecule has 0 heterocycles. The zero-order chi connectivity index (χ0) is 18.2. The number of methoxy groups -OCH3 is 1. The molecule has 0 fully saturated rings. The molecule has 4 nitrogen and oxygen atoms in total. The second-order valence-electron chi connectivity index (χ2n) is 5.97. The molecule has 136 valence electrons. The van der Waals surface area contributed by atoms with Crippen LogP contribution in [-0.2, 0) is 6.42 Å². The Labute approximate surface area is 150 Å². The summed E-state index contributed by atoms with van der Waals surface area (Å²) in [4.78, 5) is 0. The van der Waals surface area contributed by atoms with E-state index >= 15 is 0 Å². The first-order valence-electron chi connectivity index (χ1n) is 8.86. The number of ether oxygens (including phenoxy) is 3. The standard InChI is InChI=1S/C21H29NO3/c1-5-24-18-10-11-19(15(3)12-18)17(14-22)13-16-8-7-9-20(23-4)21(16)25-6-2/h7-12,17H,5-6,13-14,22H2,1-4H3. The molecule has 0 radical (unpaired) electrons. The molecule has 0 aliphatic rings. The zero-order valence-corrected chi connectivity index (χ0v) is 15.7. The van der Waals surface area contributed by atoms with Crippen molar-refractivity contribution in [2.75, 3.05) is 26.9 Å². The van der Waals surface area contributed by atoms with Crippen LogP contribution in [0.15, 0.2) is 36.4 Å². The second kappa shape index (κ2) is 9.33. The van der Waals surface area contributed by atoms with E-state index in [4.69, 9.17) is 19.9 Å². The molecule has 0 saturated carbocycles. The van der Waals surface area contributed by atoms with Gasteiger partial charge in [-0.2, -0.15) is 0 Å². The Morgan fingerprint density at radius 2 is 1.80 bits per heavy atom. The molecule has 1 atom stereocenters.